The van der Waals surface area contributed by atoms with Crippen molar-refractivity contribution < 1.29 is 4.39 Å². The lowest BCUT2D eigenvalue weighted by atomic mass is 10.2. The fourth-order valence-corrected chi connectivity index (χ4v) is 2.73. The highest BCUT2D eigenvalue weighted by Gasteiger charge is 2.12. The second kappa shape index (κ2) is 4.38. The van der Waals surface area contributed by atoms with Crippen LogP contribution in [-0.2, 0) is 6.54 Å². The summed E-state index contributed by atoms with van der Waals surface area (Å²) in [5.74, 6) is -0.276. The molecule has 0 spiro atoms. The van der Waals surface area contributed by atoms with Gasteiger partial charge in [-0.15, -0.1) is 11.3 Å². The molecule has 0 saturated heterocycles. The Bertz CT molecular complexity index is 464. The molecule has 0 saturated carbocycles. The van der Waals surface area contributed by atoms with Crippen LogP contribution in [0.2, 0.25) is 0 Å². The highest BCUT2D eigenvalue weighted by Crippen LogP contribution is 2.33. The molecule has 1 aromatic carbocycles. The third kappa shape index (κ3) is 2.09. The number of thiazole rings is 1. The summed E-state index contributed by atoms with van der Waals surface area (Å²) in [5, 5.41) is 0.653. The lowest BCUT2D eigenvalue weighted by molar-refractivity contribution is 0.630. The minimum absolute atomic E-state index is 0.276. The maximum atomic E-state index is 13.6. The van der Waals surface area contributed by atoms with E-state index in [-0.39, 0.29) is 5.82 Å². The van der Waals surface area contributed by atoms with E-state index in [0.29, 0.717) is 21.6 Å². The number of nitrogens with zero attached hydrogens (tertiary/aromatic N) is 1. The standard InChI is InChI=1S/C10H8BrFN2S/c11-7-2-1-3-8(12)9(7)10-14-5-6(4-13)15-10/h1-3,5H,4,13H2. The van der Waals surface area contributed by atoms with Gasteiger partial charge in [-0.1, -0.05) is 6.07 Å². The van der Waals surface area contributed by atoms with Gasteiger partial charge >= 0.3 is 0 Å². The van der Waals surface area contributed by atoms with Crippen LogP contribution in [0.5, 0.6) is 0 Å². The molecule has 78 valence electrons. The monoisotopic (exact) mass is 286 g/mol. The Balaban J connectivity index is 2.53. The third-order valence-electron chi connectivity index (χ3n) is 1.93. The van der Waals surface area contributed by atoms with Crippen molar-refractivity contribution in [2.75, 3.05) is 0 Å². The first-order valence-electron chi connectivity index (χ1n) is 4.31. The Morgan fingerprint density at radius 1 is 1.47 bits per heavy atom. The van der Waals surface area contributed by atoms with Crippen molar-refractivity contribution in [3.63, 3.8) is 0 Å². The number of rotatable bonds is 2. The van der Waals surface area contributed by atoms with Crippen LogP contribution in [-0.4, -0.2) is 4.98 Å². The molecule has 2 rings (SSSR count). The summed E-state index contributed by atoms with van der Waals surface area (Å²) >= 11 is 4.72. The number of halogens is 2. The summed E-state index contributed by atoms with van der Waals surface area (Å²) in [6.07, 6.45) is 1.68. The van der Waals surface area contributed by atoms with Gasteiger partial charge in [0, 0.05) is 22.1 Å². The van der Waals surface area contributed by atoms with E-state index in [9.17, 15) is 4.39 Å². The van der Waals surface area contributed by atoms with E-state index in [1.54, 1.807) is 18.3 Å². The molecule has 5 heteroatoms. The van der Waals surface area contributed by atoms with Gasteiger partial charge in [0.2, 0.25) is 0 Å². The molecule has 1 aromatic heterocycles. The molecule has 0 aliphatic carbocycles. The molecule has 0 atom stereocenters. The first-order chi connectivity index (χ1) is 7.22. The quantitative estimate of drug-likeness (QED) is 0.921. The van der Waals surface area contributed by atoms with E-state index in [4.69, 9.17) is 5.73 Å². The lowest BCUT2D eigenvalue weighted by Gasteiger charge is -2.01. The second-order valence-electron chi connectivity index (χ2n) is 2.93. The number of aromatic nitrogens is 1. The maximum Gasteiger partial charge on any atom is 0.134 e. The van der Waals surface area contributed by atoms with Gasteiger partial charge < -0.3 is 5.73 Å². The molecule has 1 heterocycles. The number of hydrogen-bond acceptors (Lipinski definition) is 3. The number of benzene rings is 1. The maximum absolute atomic E-state index is 13.6. The van der Waals surface area contributed by atoms with E-state index < -0.39 is 0 Å². The zero-order valence-electron chi connectivity index (χ0n) is 7.71. The minimum atomic E-state index is -0.276. The molecule has 0 bridgehead atoms. The average Bonchev–Trinajstić information content (AvgIpc) is 2.66. The fraction of sp³-hybridized carbons (Fsp3) is 0.100. The zero-order chi connectivity index (χ0) is 10.8. The largest absolute Gasteiger partial charge is 0.326 e. The summed E-state index contributed by atoms with van der Waals surface area (Å²) < 4.78 is 14.3. The Labute approximate surface area is 99.1 Å². The van der Waals surface area contributed by atoms with Crippen molar-refractivity contribution in [3.8, 4) is 10.6 Å². The second-order valence-corrected chi connectivity index (χ2v) is 4.90. The summed E-state index contributed by atoms with van der Waals surface area (Å²) in [6.45, 7) is 0.434. The highest BCUT2D eigenvalue weighted by atomic mass is 79.9. The average molecular weight is 287 g/mol. The fourth-order valence-electron chi connectivity index (χ4n) is 1.22. The molecule has 0 aliphatic rings. The van der Waals surface area contributed by atoms with Gasteiger partial charge in [-0.3, -0.25) is 0 Å². The minimum Gasteiger partial charge on any atom is -0.326 e. The SMILES string of the molecule is NCc1cnc(-c2c(F)cccc2Br)s1. The molecule has 2 N–H and O–H groups in total. The van der Waals surface area contributed by atoms with Gasteiger partial charge in [0.05, 0.1) is 5.56 Å². The molecule has 0 radical (unpaired) electrons. The molecular formula is C10H8BrFN2S. The summed E-state index contributed by atoms with van der Waals surface area (Å²) in [6, 6.07) is 4.87. The summed E-state index contributed by atoms with van der Waals surface area (Å²) in [5.41, 5.74) is 5.98. The van der Waals surface area contributed by atoms with Crippen molar-refractivity contribution in [1.29, 1.82) is 0 Å². The van der Waals surface area contributed by atoms with Crippen LogP contribution < -0.4 is 5.73 Å². The van der Waals surface area contributed by atoms with Crippen LogP contribution in [0.15, 0.2) is 28.9 Å². The van der Waals surface area contributed by atoms with Crippen molar-refractivity contribution in [2.45, 2.75) is 6.54 Å². The Hall–Kier alpha value is -0.780. The van der Waals surface area contributed by atoms with Gasteiger partial charge in [0.25, 0.3) is 0 Å². The van der Waals surface area contributed by atoms with Gasteiger partial charge in [0.15, 0.2) is 0 Å². The number of hydrogen-bond donors (Lipinski definition) is 1. The molecule has 15 heavy (non-hydrogen) atoms. The van der Waals surface area contributed by atoms with Crippen LogP contribution in [0.1, 0.15) is 4.88 Å². The number of nitrogens with two attached hydrogens (primary N) is 1. The van der Waals surface area contributed by atoms with Gasteiger partial charge in [-0.05, 0) is 28.1 Å². The van der Waals surface area contributed by atoms with E-state index >= 15 is 0 Å². The predicted octanol–water partition coefficient (Wildman–Crippen LogP) is 3.17. The lowest BCUT2D eigenvalue weighted by Crippen LogP contribution is -1.91. The Morgan fingerprint density at radius 2 is 2.27 bits per heavy atom. The van der Waals surface area contributed by atoms with Crippen LogP contribution in [0.3, 0.4) is 0 Å². The topological polar surface area (TPSA) is 38.9 Å². The summed E-state index contributed by atoms with van der Waals surface area (Å²) in [4.78, 5) is 5.09. The van der Waals surface area contributed by atoms with Crippen molar-refractivity contribution in [2.24, 2.45) is 5.73 Å². The van der Waals surface area contributed by atoms with E-state index in [1.165, 1.54) is 17.4 Å². The zero-order valence-corrected chi connectivity index (χ0v) is 10.1. The molecular weight excluding hydrogens is 279 g/mol. The normalized spacial score (nSPS) is 10.6. The Kier molecular flexibility index (Phi) is 3.14. The molecule has 0 amide bonds. The van der Waals surface area contributed by atoms with Gasteiger partial charge in [-0.25, -0.2) is 9.37 Å². The molecule has 0 unspecified atom stereocenters. The van der Waals surface area contributed by atoms with Gasteiger partial charge in [-0.2, -0.15) is 0 Å². The van der Waals surface area contributed by atoms with Crippen molar-refractivity contribution >= 4 is 27.3 Å². The highest BCUT2D eigenvalue weighted by molar-refractivity contribution is 9.10. The molecule has 2 nitrogen and oxygen atoms in total. The smallest absolute Gasteiger partial charge is 0.134 e. The predicted molar refractivity (Wildman–Crippen MR) is 63.1 cm³/mol. The van der Waals surface area contributed by atoms with Crippen LogP contribution >= 0.6 is 27.3 Å². The summed E-state index contributed by atoms with van der Waals surface area (Å²) in [7, 11) is 0. The van der Waals surface area contributed by atoms with Crippen LogP contribution in [0.25, 0.3) is 10.6 Å². The molecule has 0 aliphatic heterocycles. The van der Waals surface area contributed by atoms with Crippen LogP contribution in [0, 0.1) is 5.82 Å². The van der Waals surface area contributed by atoms with E-state index in [1.807, 2.05) is 0 Å². The first-order valence-corrected chi connectivity index (χ1v) is 5.92. The first kappa shape index (κ1) is 10.7. The van der Waals surface area contributed by atoms with Crippen molar-refractivity contribution in [3.05, 3.63) is 39.6 Å². The van der Waals surface area contributed by atoms with Crippen molar-refractivity contribution in [1.82, 2.24) is 4.98 Å². The Morgan fingerprint density at radius 3 is 2.87 bits per heavy atom. The van der Waals surface area contributed by atoms with E-state index in [2.05, 4.69) is 20.9 Å². The molecule has 0 fully saturated rings. The van der Waals surface area contributed by atoms with Gasteiger partial charge in [0.1, 0.15) is 10.8 Å². The van der Waals surface area contributed by atoms with Crippen LogP contribution in [0.4, 0.5) is 4.39 Å². The third-order valence-corrected chi connectivity index (χ3v) is 3.63. The molecule has 2 aromatic rings. The van der Waals surface area contributed by atoms with E-state index in [0.717, 1.165) is 4.88 Å².